The average Bonchev–Trinajstić information content (AvgIpc) is 3.41. The number of hydrazine groups is 1. The van der Waals surface area contributed by atoms with E-state index >= 15 is 0 Å². The van der Waals surface area contributed by atoms with E-state index in [1.54, 1.807) is 35.8 Å². The number of rotatable bonds is 14. The van der Waals surface area contributed by atoms with Gasteiger partial charge in [0.1, 0.15) is 24.4 Å². The molecule has 3 N–H and O–H groups in total. The number of nitrogens with zero attached hydrogens (tertiary/aromatic N) is 5. The molecule has 2 aliphatic rings. The number of amides is 3. The number of carbonyl (C=O) groups is 3. The number of aromatic nitrogens is 2. The summed E-state index contributed by atoms with van der Waals surface area (Å²) in [5, 5.41) is 14.3. The monoisotopic (exact) mass is 872 g/mol. The predicted molar refractivity (Wildman–Crippen MR) is 250 cm³/mol. The van der Waals surface area contributed by atoms with Crippen LogP contribution in [0.1, 0.15) is 179 Å². The molecule has 3 heterocycles. The zero-order valence-corrected chi connectivity index (χ0v) is 40.8. The van der Waals surface area contributed by atoms with Crippen LogP contribution in [0.15, 0.2) is 66.4 Å². The van der Waals surface area contributed by atoms with Gasteiger partial charge in [-0.05, 0) is 121 Å². The van der Waals surface area contributed by atoms with Crippen molar-refractivity contribution in [3.63, 3.8) is 0 Å². The quantitative estimate of drug-likeness (QED) is 0.144. The van der Waals surface area contributed by atoms with Gasteiger partial charge in [0.2, 0.25) is 5.91 Å². The van der Waals surface area contributed by atoms with Gasteiger partial charge in [0.05, 0.1) is 16.9 Å². The number of aromatic hydroxyl groups is 1. The lowest BCUT2D eigenvalue weighted by atomic mass is 9.88. The first-order valence-electron chi connectivity index (χ1n) is 22.4. The Morgan fingerprint density at radius 3 is 2.11 bits per heavy atom. The summed E-state index contributed by atoms with van der Waals surface area (Å²) in [6, 6.07) is 11.4. The van der Waals surface area contributed by atoms with Gasteiger partial charge in [-0.15, -0.1) is 0 Å². The van der Waals surface area contributed by atoms with Crippen LogP contribution in [0.4, 0.5) is 10.1 Å². The van der Waals surface area contributed by atoms with E-state index in [2.05, 4.69) is 73.2 Å². The van der Waals surface area contributed by atoms with Crippen LogP contribution in [-0.4, -0.2) is 67.2 Å². The number of allylic oxidation sites excluding steroid dienone is 1. The van der Waals surface area contributed by atoms with Crippen LogP contribution in [0, 0.1) is 6.92 Å². The van der Waals surface area contributed by atoms with Gasteiger partial charge in [-0.3, -0.25) is 14.4 Å². The fourth-order valence-electron chi connectivity index (χ4n) is 8.02. The van der Waals surface area contributed by atoms with Crippen LogP contribution in [0.3, 0.4) is 0 Å². The van der Waals surface area contributed by atoms with Crippen molar-refractivity contribution in [1.29, 1.82) is 0 Å². The molecule has 3 amide bonds. The van der Waals surface area contributed by atoms with Crippen LogP contribution in [-0.2, 0) is 31.2 Å². The lowest BCUT2D eigenvalue weighted by Gasteiger charge is -2.41. The number of carbonyl (C=O) groups excluding carboxylic acids is 3. The van der Waals surface area contributed by atoms with Crippen molar-refractivity contribution < 1.29 is 28.6 Å². The number of benzene rings is 2. The standard InChI is InChI=1S/C36H49FN4O3.C12H19N3O2.C2H6/c1-13-31-22(4)33(43)41(39-23(5)25-14-16-28-29(18-25)36(11,12)44-35(28,9)10)24(6)40(31)20-32(42)38-30-17-15-26(34(7,8)37)19-27(30)21(2)3;1-4-6-15(7-5-2)12(17)10-11(16)9(3)13-8-14-10;1-2/h14-19,21,23,39H,6,13,20H2,1-5,7-12H3,(H,38,42);8,16H,4-7H2,1-3H3;1-2H3. The topological polar surface area (TPSA) is 140 Å². The first-order chi connectivity index (χ1) is 29.4. The Morgan fingerprint density at radius 2 is 1.56 bits per heavy atom. The SMILES string of the molecule is C=C1N(CC(=O)Nc2ccc(C(C)(C)F)cc2C(C)C)C(CC)=C(C)C(=O)N1NC(C)c1ccc2c(c1)C(C)(C)OC2(C)C.CC.CCCN(CCC)C(=O)c1ncnc(C)c1O. The smallest absolute Gasteiger partial charge is 0.276 e. The lowest BCUT2D eigenvalue weighted by molar-refractivity contribution is -0.132. The Labute approximate surface area is 376 Å². The van der Waals surface area contributed by atoms with E-state index in [9.17, 15) is 23.9 Å². The van der Waals surface area contributed by atoms with Gasteiger partial charge in [-0.1, -0.05) is 85.4 Å². The Bertz CT molecular complexity index is 2150. The fraction of sp³-hybridized carbons (Fsp3) is 0.540. The second-order valence-corrected chi connectivity index (χ2v) is 17.8. The molecule has 346 valence electrons. The van der Waals surface area contributed by atoms with Crippen molar-refractivity contribution in [1.82, 2.24) is 30.2 Å². The first-order valence-corrected chi connectivity index (χ1v) is 22.4. The third kappa shape index (κ3) is 12.1. The van der Waals surface area contributed by atoms with Crippen molar-refractivity contribution in [2.75, 3.05) is 25.0 Å². The summed E-state index contributed by atoms with van der Waals surface area (Å²) in [4.78, 5) is 50.4. The van der Waals surface area contributed by atoms with E-state index in [-0.39, 0.29) is 53.3 Å². The van der Waals surface area contributed by atoms with E-state index in [0.717, 1.165) is 40.8 Å². The molecule has 12 nitrogen and oxygen atoms in total. The van der Waals surface area contributed by atoms with Crippen molar-refractivity contribution in [2.24, 2.45) is 0 Å². The van der Waals surface area contributed by atoms with Crippen LogP contribution >= 0.6 is 0 Å². The summed E-state index contributed by atoms with van der Waals surface area (Å²) < 4.78 is 21.0. The van der Waals surface area contributed by atoms with Crippen molar-refractivity contribution >= 4 is 23.4 Å². The Morgan fingerprint density at radius 1 is 0.952 bits per heavy atom. The predicted octanol–water partition coefficient (Wildman–Crippen LogP) is 10.8. The van der Waals surface area contributed by atoms with Crippen molar-refractivity contribution in [3.05, 3.63) is 106 Å². The number of nitrogens with one attached hydrogen (secondary N) is 2. The summed E-state index contributed by atoms with van der Waals surface area (Å²) in [6.07, 6.45) is 3.63. The molecule has 0 saturated heterocycles. The van der Waals surface area contributed by atoms with Gasteiger partial charge in [-0.25, -0.2) is 24.8 Å². The molecule has 0 saturated carbocycles. The normalized spacial score (nSPS) is 15.9. The van der Waals surface area contributed by atoms with Crippen LogP contribution in [0.5, 0.6) is 5.75 Å². The van der Waals surface area contributed by atoms with E-state index in [1.165, 1.54) is 25.2 Å². The van der Waals surface area contributed by atoms with Gasteiger partial charge in [0.15, 0.2) is 11.4 Å². The highest BCUT2D eigenvalue weighted by atomic mass is 19.1. The number of ether oxygens (including phenoxy) is 1. The minimum Gasteiger partial charge on any atom is -0.504 e. The van der Waals surface area contributed by atoms with Gasteiger partial charge in [0.25, 0.3) is 11.8 Å². The number of alkyl halides is 1. The molecule has 13 heteroatoms. The third-order valence-corrected chi connectivity index (χ3v) is 11.3. The highest BCUT2D eigenvalue weighted by Crippen LogP contribution is 2.47. The number of halogens is 1. The van der Waals surface area contributed by atoms with Crippen molar-refractivity contribution in [3.8, 4) is 5.75 Å². The molecular formula is C50H74FN7O5. The van der Waals surface area contributed by atoms with Gasteiger partial charge >= 0.3 is 0 Å². The number of hydrogen-bond donors (Lipinski definition) is 3. The molecule has 5 rings (SSSR count). The zero-order chi connectivity index (χ0) is 47.8. The maximum absolute atomic E-state index is 14.7. The van der Waals surface area contributed by atoms with E-state index in [4.69, 9.17) is 4.74 Å². The van der Waals surface area contributed by atoms with Crippen LogP contribution < -0.4 is 10.7 Å². The van der Waals surface area contributed by atoms with E-state index in [0.29, 0.717) is 47.8 Å². The Hall–Kier alpha value is -5.14. The summed E-state index contributed by atoms with van der Waals surface area (Å²) in [5.41, 5.74) is 8.22. The average molecular weight is 872 g/mol. The molecule has 3 aromatic rings. The highest BCUT2D eigenvalue weighted by Gasteiger charge is 2.43. The molecule has 0 aliphatic carbocycles. The maximum atomic E-state index is 14.7. The second-order valence-electron chi connectivity index (χ2n) is 17.8. The number of anilines is 1. The van der Waals surface area contributed by atoms with E-state index in [1.807, 2.05) is 61.5 Å². The molecule has 0 spiro atoms. The molecule has 1 aromatic heterocycles. The Kier molecular flexibility index (Phi) is 17.8. The molecule has 1 atom stereocenters. The molecule has 0 fully saturated rings. The molecule has 0 bridgehead atoms. The molecule has 2 aliphatic heterocycles. The molecular weight excluding hydrogens is 798 g/mol. The molecule has 63 heavy (non-hydrogen) atoms. The molecule has 0 radical (unpaired) electrons. The summed E-state index contributed by atoms with van der Waals surface area (Å²) >= 11 is 0. The molecule has 2 aromatic carbocycles. The van der Waals surface area contributed by atoms with Crippen molar-refractivity contribution in [2.45, 2.75) is 159 Å². The second kappa shape index (κ2) is 21.5. The number of fused-ring (bicyclic) bond motifs is 1. The highest BCUT2D eigenvalue weighted by molar-refractivity contribution is 5.97. The first kappa shape index (κ1) is 52.2. The summed E-state index contributed by atoms with van der Waals surface area (Å²) in [7, 11) is 0. The van der Waals surface area contributed by atoms with Gasteiger partial charge in [-0.2, -0.15) is 0 Å². The summed E-state index contributed by atoms with van der Waals surface area (Å²) in [6.45, 7) is 36.3. The minimum atomic E-state index is -1.49. The fourth-order valence-corrected chi connectivity index (χ4v) is 8.02. The summed E-state index contributed by atoms with van der Waals surface area (Å²) in [5.74, 6) is -0.347. The number of aryl methyl sites for hydroxylation is 1. The third-order valence-electron chi connectivity index (χ3n) is 11.3. The Balaban J connectivity index is 0.000000465. The zero-order valence-electron chi connectivity index (χ0n) is 40.8. The largest absolute Gasteiger partial charge is 0.504 e. The van der Waals surface area contributed by atoms with Gasteiger partial charge in [0, 0.05) is 36.1 Å². The molecule has 1 unspecified atom stereocenters. The lowest BCUT2D eigenvalue weighted by Crippen LogP contribution is -2.52. The van der Waals surface area contributed by atoms with Crippen LogP contribution in [0.25, 0.3) is 0 Å². The van der Waals surface area contributed by atoms with Gasteiger partial charge < -0.3 is 25.0 Å². The maximum Gasteiger partial charge on any atom is 0.276 e. The number of hydrogen-bond acceptors (Lipinski definition) is 9. The van der Waals surface area contributed by atoms with Crippen LogP contribution in [0.2, 0.25) is 0 Å². The van der Waals surface area contributed by atoms with E-state index < -0.39 is 11.3 Å². The minimum absolute atomic E-state index is 0.0352.